The maximum atomic E-state index is 11.5. The molecule has 1 saturated heterocycles. The lowest BCUT2D eigenvalue weighted by Crippen LogP contribution is -2.43. The molecule has 1 heterocycles. The second-order valence-corrected chi connectivity index (χ2v) is 5.64. The molecule has 0 aromatic carbocycles. The molecule has 1 fully saturated rings. The van der Waals surface area contributed by atoms with Crippen LogP contribution in [0.25, 0.3) is 0 Å². The van der Waals surface area contributed by atoms with Gasteiger partial charge in [0.25, 0.3) is 0 Å². The molecule has 0 saturated carbocycles. The van der Waals surface area contributed by atoms with E-state index in [0.717, 1.165) is 6.26 Å². The van der Waals surface area contributed by atoms with Crippen molar-refractivity contribution < 1.29 is 18.3 Å². The van der Waals surface area contributed by atoms with E-state index in [1.54, 1.807) is 0 Å². The van der Waals surface area contributed by atoms with Crippen molar-refractivity contribution in [3.05, 3.63) is 0 Å². The Kier molecular flexibility index (Phi) is 4.66. The fourth-order valence-electron chi connectivity index (χ4n) is 1.46. The van der Waals surface area contributed by atoms with E-state index in [1.807, 2.05) is 0 Å². The fraction of sp³-hybridized carbons (Fsp3) is 0.875. The zero-order chi connectivity index (χ0) is 12.2. The molecule has 0 radical (unpaired) electrons. The number of amides is 1. The normalized spacial score (nSPS) is 25.6. The summed E-state index contributed by atoms with van der Waals surface area (Å²) in [5.41, 5.74) is 0. The lowest BCUT2D eigenvalue weighted by atomic mass is 10.2. The molecule has 2 atom stereocenters. The minimum Gasteiger partial charge on any atom is -0.392 e. The second-order valence-electron chi connectivity index (χ2n) is 3.81. The van der Waals surface area contributed by atoms with E-state index in [2.05, 4.69) is 15.4 Å². The molecule has 16 heavy (non-hydrogen) atoms. The Hall–Kier alpha value is -0.700. The Morgan fingerprint density at radius 1 is 1.50 bits per heavy atom. The molecule has 0 spiro atoms. The van der Waals surface area contributed by atoms with Gasteiger partial charge < -0.3 is 15.7 Å². The second kappa shape index (κ2) is 5.58. The summed E-state index contributed by atoms with van der Waals surface area (Å²) >= 11 is 0. The molecule has 7 nitrogen and oxygen atoms in total. The van der Waals surface area contributed by atoms with Crippen molar-refractivity contribution in [1.82, 2.24) is 15.4 Å². The van der Waals surface area contributed by atoms with Crippen molar-refractivity contribution in [2.24, 2.45) is 0 Å². The van der Waals surface area contributed by atoms with Crippen molar-refractivity contribution >= 4 is 15.9 Å². The maximum Gasteiger partial charge on any atom is 0.237 e. The van der Waals surface area contributed by atoms with Gasteiger partial charge >= 0.3 is 0 Å². The zero-order valence-electron chi connectivity index (χ0n) is 9.06. The molecule has 0 bridgehead atoms. The summed E-state index contributed by atoms with van der Waals surface area (Å²) in [5, 5.41) is 14.6. The van der Waals surface area contributed by atoms with Gasteiger partial charge in [-0.3, -0.25) is 4.79 Å². The standard InChI is InChI=1S/C8H17N3O4S/c1-16(14,15)11-3-2-9-8(13)7-4-6(12)5-10-7/h6-7,10-12H,2-5H2,1H3,(H,9,13). The van der Waals surface area contributed by atoms with E-state index in [1.165, 1.54) is 0 Å². The molecule has 2 unspecified atom stereocenters. The molecular weight excluding hydrogens is 234 g/mol. The summed E-state index contributed by atoms with van der Waals surface area (Å²) in [6.07, 6.45) is 0.972. The number of carbonyl (C=O) groups excluding carboxylic acids is 1. The molecule has 1 rings (SSSR count). The number of carbonyl (C=O) groups is 1. The molecule has 94 valence electrons. The number of nitrogens with one attached hydrogen (secondary N) is 3. The van der Waals surface area contributed by atoms with Crippen LogP contribution >= 0.6 is 0 Å². The minimum absolute atomic E-state index is 0.167. The van der Waals surface area contributed by atoms with Gasteiger partial charge in [-0.25, -0.2) is 13.1 Å². The van der Waals surface area contributed by atoms with Gasteiger partial charge in [-0.2, -0.15) is 0 Å². The maximum absolute atomic E-state index is 11.5. The van der Waals surface area contributed by atoms with Crippen LogP contribution in [0.5, 0.6) is 0 Å². The number of aliphatic hydroxyl groups excluding tert-OH is 1. The molecule has 0 aliphatic carbocycles. The van der Waals surface area contributed by atoms with Crippen LogP contribution in [0.4, 0.5) is 0 Å². The molecule has 1 aliphatic heterocycles. The van der Waals surface area contributed by atoms with E-state index in [0.29, 0.717) is 13.0 Å². The van der Waals surface area contributed by atoms with Crippen LogP contribution in [0.1, 0.15) is 6.42 Å². The van der Waals surface area contributed by atoms with Crippen molar-refractivity contribution in [3.63, 3.8) is 0 Å². The van der Waals surface area contributed by atoms with E-state index in [9.17, 15) is 18.3 Å². The fourth-order valence-corrected chi connectivity index (χ4v) is 1.93. The number of β-amino-alcohol motifs (C(OH)–C–C–N with tert-alkyl or cyclic N) is 1. The molecule has 0 aromatic rings. The molecule has 4 N–H and O–H groups in total. The third kappa shape index (κ3) is 4.88. The molecule has 0 aromatic heterocycles. The van der Waals surface area contributed by atoms with Gasteiger partial charge in [0.2, 0.25) is 15.9 Å². The van der Waals surface area contributed by atoms with Gasteiger partial charge in [0, 0.05) is 19.6 Å². The summed E-state index contributed by atoms with van der Waals surface area (Å²) in [5.74, 6) is -0.216. The van der Waals surface area contributed by atoms with Crippen molar-refractivity contribution in [3.8, 4) is 0 Å². The van der Waals surface area contributed by atoms with Crippen molar-refractivity contribution in [2.45, 2.75) is 18.6 Å². The number of rotatable bonds is 5. The van der Waals surface area contributed by atoms with Gasteiger partial charge in [0.15, 0.2) is 0 Å². The number of aliphatic hydroxyl groups is 1. The number of hydrogen-bond donors (Lipinski definition) is 4. The Morgan fingerprint density at radius 2 is 2.19 bits per heavy atom. The van der Waals surface area contributed by atoms with Gasteiger partial charge in [-0.1, -0.05) is 0 Å². The minimum atomic E-state index is -3.21. The SMILES string of the molecule is CS(=O)(=O)NCCNC(=O)C1CC(O)CN1. The quantitative estimate of drug-likeness (QED) is 0.400. The van der Waals surface area contributed by atoms with Crippen LogP contribution in [0.3, 0.4) is 0 Å². The average Bonchev–Trinajstić information content (AvgIpc) is 2.57. The lowest BCUT2D eigenvalue weighted by molar-refractivity contribution is -0.122. The Balaban J connectivity index is 2.16. The van der Waals surface area contributed by atoms with Crippen LogP contribution in [-0.2, 0) is 14.8 Å². The summed E-state index contributed by atoms with van der Waals surface area (Å²) in [7, 11) is -3.21. The largest absolute Gasteiger partial charge is 0.392 e. The highest BCUT2D eigenvalue weighted by molar-refractivity contribution is 7.88. The van der Waals surface area contributed by atoms with Crippen LogP contribution in [0, 0.1) is 0 Å². The predicted octanol–water partition coefficient (Wildman–Crippen LogP) is -2.63. The molecule has 1 amide bonds. The molecular formula is C8H17N3O4S. The number of hydrogen-bond acceptors (Lipinski definition) is 5. The van der Waals surface area contributed by atoms with Gasteiger partial charge in [0.05, 0.1) is 18.4 Å². The molecule has 1 aliphatic rings. The third-order valence-electron chi connectivity index (χ3n) is 2.21. The lowest BCUT2D eigenvalue weighted by Gasteiger charge is -2.10. The van der Waals surface area contributed by atoms with Gasteiger partial charge in [-0.15, -0.1) is 0 Å². The van der Waals surface area contributed by atoms with Crippen LogP contribution in [0.15, 0.2) is 0 Å². The monoisotopic (exact) mass is 251 g/mol. The van der Waals surface area contributed by atoms with Gasteiger partial charge in [0.1, 0.15) is 0 Å². The Bertz CT molecular complexity index is 343. The van der Waals surface area contributed by atoms with Crippen molar-refractivity contribution in [1.29, 1.82) is 0 Å². The highest BCUT2D eigenvalue weighted by atomic mass is 32.2. The summed E-state index contributed by atoms with van der Waals surface area (Å²) < 4.78 is 23.7. The zero-order valence-corrected chi connectivity index (χ0v) is 9.88. The molecule has 8 heteroatoms. The highest BCUT2D eigenvalue weighted by Gasteiger charge is 2.27. The summed E-state index contributed by atoms with van der Waals surface area (Å²) in [6.45, 7) is 0.819. The van der Waals surface area contributed by atoms with Crippen LogP contribution < -0.4 is 15.4 Å². The highest BCUT2D eigenvalue weighted by Crippen LogP contribution is 2.05. The van der Waals surface area contributed by atoms with E-state index >= 15 is 0 Å². The summed E-state index contributed by atoms with van der Waals surface area (Å²) in [6, 6.07) is -0.381. The topological polar surface area (TPSA) is 108 Å². The Morgan fingerprint density at radius 3 is 2.69 bits per heavy atom. The first-order valence-electron chi connectivity index (χ1n) is 5.02. The van der Waals surface area contributed by atoms with Gasteiger partial charge in [-0.05, 0) is 6.42 Å². The first-order valence-corrected chi connectivity index (χ1v) is 6.91. The number of sulfonamides is 1. The first kappa shape index (κ1) is 13.4. The van der Waals surface area contributed by atoms with E-state index < -0.39 is 16.1 Å². The smallest absolute Gasteiger partial charge is 0.237 e. The average molecular weight is 251 g/mol. The van der Waals surface area contributed by atoms with Crippen LogP contribution in [0.2, 0.25) is 0 Å². The Labute approximate surface area is 94.7 Å². The predicted molar refractivity (Wildman–Crippen MR) is 58.3 cm³/mol. The third-order valence-corrected chi connectivity index (χ3v) is 2.94. The first-order chi connectivity index (χ1) is 7.38. The summed E-state index contributed by atoms with van der Waals surface area (Å²) in [4.78, 5) is 11.5. The van der Waals surface area contributed by atoms with Crippen LogP contribution in [-0.4, -0.2) is 57.5 Å². The van der Waals surface area contributed by atoms with Crippen molar-refractivity contribution in [2.75, 3.05) is 25.9 Å². The van der Waals surface area contributed by atoms with E-state index in [-0.39, 0.29) is 25.0 Å². The van der Waals surface area contributed by atoms with E-state index in [4.69, 9.17) is 0 Å².